The average molecular weight is 461 g/mol. The van der Waals surface area contributed by atoms with Crippen molar-refractivity contribution < 1.29 is 14.3 Å². The number of para-hydroxylation sites is 1. The van der Waals surface area contributed by atoms with E-state index in [-0.39, 0.29) is 36.7 Å². The summed E-state index contributed by atoms with van der Waals surface area (Å²) in [5.74, 6) is -0.439. The Kier molecular flexibility index (Phi) is 7.31. The van der Waals surface area contributed by atoms with E-state index in [0.717, 1.165) is 29.7 Å². The summed E-state index contributed by atoms with van der Waals surface area (Å²) in [6.45, 7) is 2.84. The molecular weight excluding hydrogens is 432 g/mol. The molecule has 34 heavy (non-hydrogen) atoms. The largest absolute Gasteiger partial charge is 0.457 e. The highest BCUT2D eigenvalue weighted by Crippen LogP contribution is 2.21. The molecular formula is C25H28N6O3. The van der Waals surface area contributed by atoms with Crippen molar-refractivity contribution in [3.63, 3.8) is 0 Å². The van der Waals surface area contributed by atoms with Crippen LogP contribution in [0.15, 0.2) is 54.6 Å². The van der Waals surface area contributed by atoms with E-state index in [2.05, 4.69) is 27.2 Å². The highest BCUT2D eigenvalue weighted by Gasteiger charge is 2.35. The number of rotatable bonds is 9. The lowest BCUT2D eigenvalue weighted by atomic mass is 10.1. The van der Waals surface area contributed by atoms with Crippen LogP contribution in [0.25, 0.3) is 0 Å². The fraction of sp³-hybridized carbons (Fsp3) is 0.320. The molecule has 0 unspecified atom stereocenters. The fourth-order valence-electron chi connectivity index (χ4n) is 3.94. The van der Waals surface area contributed by atoms with Gasteiger partial charge in [-0.3, -0.25) is 9.59 Å². The van der Waals surface area contributed by atoms with Crippen LogP contribution in [0.2, 0.25) is 0 Å². The van der Waals surface area contributed by atoms with Gasteiger partial charge in [-0.25, -0.2) is 0 Å². The van der Waals surface area contributed by atoms with Crippen molar-refractivity contribution in [3.05, 3.63) is 71.5 Å². The van der Waals surface area contributed by atoms with Crippen LogP contribution in [-0.4, -0.2) is 44.8 Å². The maximum atomic E-state index is 12.6. The van der Waals surface area contributed by atoms with Gasteiger partial charge >= 0.3 is 5.97 Å². The van der Waals surface area contributed by atoms with Gasteiger partial charge in [0.1, 0.15) is 0 Å². The number of hydrogen-bond acceptors (Lipinski definition) is 8. The molecule has 3 aromatic rings. The molecule has 1 fully saturated rings. The number of amides is 1. The Hall–Kier alpha value is -4.01. The average Bonchev–Trinajstić information content (AvgIpc) is 3.22. The number of likely N-dealkylation sites (tertiary alicyclic amines) is 1. The predicted molar refractivity (Wildman–Crippen MR) is 128 cm³/mol. The lowest BCUT2D eigenvalue weighted by Gasteiger charge is -2.16. The van der Waals surface area contributed by atoms with Gasteiger partial charge in [0.05, 0.1) is 5.92 Å². The van der Waals surface area contributed by atoms with Crippen LogP contribution in [0.5, 0.6) is 0 Å². The number of nitrogen functional groups attached to an aromatic ring is 1. The van der Waals surface area contributed by atoms with Gasteiger partial charge in [-0.05, 0) is 30.0 Å². The second-order valence-electron chi connectivity index (χ2n) is 8.15. The normalized spacial score (nSPS) is 15.4. The molecule has 0 radical (unpaired) electrons. The van der Waals surface area contributed by atoms with Gasteiger partial charge in [0.2, 0.25) is 17.8 Å². The summed E-state index contributed by atoms with van der Waals surface area (Å²) in [6.07, 6.45) is 1.74. The summed E-state index contributed by atoms with van der Waals surface area (Å²) in [7, 11) is 0. The van der Waals surface area contributed by atoms with Crippen LogP contribution in [0, 0.1) is 5.92 Å². The standard InChI is InChI=1S/C25H28N6O3/c1-2-18-10-6-7-11-20(18)27-25-29-21(28-24(26)30-25)16-34-23(33)19-14-22(32)31(15-19)13-12-17-8-4-3-5-9-17/h3-11,19H,2,12-16H2,1H3,(H3,26,27,28,29,30)/t19-/m1/s1. The van der Waals surface area contributed by atoms with Gasteiger partial charge in [-0.1, -0.05) is 55.5 Å². The summed E-state index contributed by atoms with van der Waals surface area (Å²) in [4.78, 5) is 39.2. The molecule has 1 atom stereocenters. The Morgan fingerprint density at radius 3 is 2.68 bits per heavy atom. The van der Waals surface area contributed by atoms with Crippen LogP contribution in [0.3, 0.4) is 0 Å². The van der Waals surface area contributed by atoms with Gasteiger partial charge in [0.15, 0.2) is 12.4 Å². The first-order valence-corrected chi connectivity index (χ1v) is 11.4. The second-order valence-corrected chi connectivity index (χ2v) is 8.15. The Morgan fingerprint density at radius 1 is 1.12 bits per heavy atom. The first-order valence-electron chi connectivity index (χ1n) is 11.4. The Morgan fingerprint density at radius 2 is 1.88 bits per heavy atom. The molecule has 2 heterocycles. The molecule has 4 rings (SSSR count). The van der Waals surface area contributed by atoms with Gasteiger partial charge in [0.25, 0.3) is 0 Å². The number of carbonyl (C=O) groups excluding carboxylic acids is 2. The smallest absolute Gasteiger partial charge is 0.311 e. The van der Waals surface area contributed by atoms with Crippen molar-refractivity contribution in [2.24, 2.45) is 5.92 Å². The summed E-state index contributed by atoms with van der Waals surface area (Å²) in [5, 5.41) is 3.15. The summed E-state index contributed by atoms with van der Waals surface area (Å²) >= 11 is 0. The first-order chi connectivity index (χ1) is 16.5. The fourth-order valence-corrected chi connectivity index (χ4v) is 3.94. The maximum absolute atomic E-state index is 12.6. The molecule has 0 bridgehead atoms. The Bertz CT molecular complexity index is 1150. The highest BCUT2D eigenvalue weighted by molar-refractivity contribution is 5.86. The minimum atomic E-state index is -0.503. The Labute approximate surface area is 198 Å². The lowest BCUT2D eigenvalue weighted by molar-refractivity contribution is -0.150. The molecule has 176 valence electrons. The van der Waals surface area contributed by atoms with Gasteiger partial charge < -0.3 is 20.7 Å². The molecule has 9 nitrogen and oxygen atoms in total. The van der Waals surface area contributed by atoms with E-state index in [0.29, 0.717) is 13.1 Å². The van der Waals surface area contributed by atoms with E-state index in [1.807, 2.05) is 54.6 Å². The van der Waals surface area contributed by atoms with Crippen LogP contribution in [-0.2, 0) is 33.8 Å². The number of carbonyl (C=O) groups is 2. The zero-order valence-corrected chi connectivity index (χ0v) is 19.1. The number of nitrogens with one attached hydrogen (secondary N) is 1. The minimum absolute atomic E-state index is 0.0284. The van der Waals surface area contributed by atoms with Crippen molar-refractivity contribution in [2.45, 2.75) is 32.8 Å². The number of aryl methyl sites for hydroxylation is 1. The number of esters is 1. The number of hydrogen-bond donors (Lipinski definition) is 2. The van der Waals surface area contributed by atoms with Crippen molar-refractivity contribution >= 4 is 29.5 Å². The van der Waals surface area contributed by atoms with Crippen molar-refractivity contribution in [1.82, 2.24) is 19.9 Å². The third-order valence-electron chi connectivity index (χ3n) is 5.75. The molecule has 1 amide bonds. The Balaban J connectivity index is 1.32. The van der Waals surface area contributed by atoms with E-state index in [1.54, 1.807) is 4.90 Å². The number of nitrogens with two attached hydrogens (primary N) is 1. The topological polar surface area (TPSA) is 123 Å². The lowest BCUT2D eigenvalue weighted by Crippen LogP contribution is -2.29. The maximum Gasteiger partial charge on any atom is 0.311 e. The van der Waals surface area contributed by atoms with E-state index < -0.39 is 11.9 Å². The third kappa shape index (κ3) is 5.86. The van der Waals surface area contributed by atoms with Crippen LogP contribution < -0.4 is 11.1 Å². The van der Waals surface area contributed by atoms with Gasteiger partial charge in [0, 0.05) is 25.2 Å². The van der Waals surface area contributed by atoms with Crippen molar-refractivity contribution in [1.29, 1.82) is 0 Å². The SMILES string of the molecule is CCc1ccccc1Nc1nc(N)nc(COC(=O)[C@@H]2CC(=O)N(CCc3ccccc3)C2)n1. The van der Waals surface area contributed by atoms with E-state index in [4.69, 9.17) is 10.5 Å². The molecule has 2 aromatic carbocycles. The highest BCUT2D eigenvalue weighted by atomic mass is 16.5. The van der Waals surface area contributed by atoms with Gasteiger partial charge in [-0.15, -0.1) is 0 Å². The molecule has 1 saturated heterocycles. The molecule has 0 saturated carbocycles. The molecule has 0 spiro atoms. The quantitative estimate of drug-likeness (QED) is 0.467. The number of nitrogens with zero attached hydrogens (tertiary/aromatic N) is 4. The minimum Gasteiger partial charge on any atom is -0.457 e. The zero-order valence-electron chi connectivity index (χ0n) is 19.1. The molecule has 0 aliphatic carbocycles. The molecule has 1 aromatic heterocycles. The van der Waals surface area contributed by atoms with Crippen molar-refractivity contribution in [2.75, 3.05) is 24.1 Å². The third-order valence-corrected chi connectivity index (χ3v) is 5.75. The number of ether oxygens (including phenoxy) is 1. The monoisotopic (exact) mass is 460 g/mol. The van der Waals surface area contributed by atoms with Crippen molar-refractivity contribution in [3.8, 4) is 0 Å². The summed E-state index contributed by atoms with van der Waals surface area (Å²) in [6, 6.07) is 17.8. The molecule has 9 heteroatoms. The number of anilines is 3. The van der Waals surface area contributed by atoms with E-state index in [1.165, 1.54) is 0 Å². The van der Waals surface area contributed by atoms with E-state index >= 15 is 0 Å². The second kappa shape index (κ2) is 10.7. The first kappa shape index (κ1) is 23.2. The molecule has 3 N–H and O–H groups in total. The number of benzene rings is 2. The zero-order chi connectivity index (χ0) is 23.9. The van der Waals surface area contributed by atoms with Crippen LogP contribution in [0.4, 0.5) is 17.6 Å². The predicted octanol–water partition coefficient (Wildman–Crippen LogP) is 2.89. The molecule has 1 aliphatic heterocycles. The van der Waals surface area contributed by atoms with Crippen LogP contribution >= 0.6 is 0 Å². The van der Waals surface area contributed by atoms with E-state index in [9.17, 15) is 9.59 Å². The van der Waals surface area contributed by atoms with Crippen LogP contribution in [0.1, 0.15) is 30.3 Å². The number of aromatic nitrogens is 3. The molecule has 1 aliphatic rings. The van der Waals surface area contributed by atoms with Gasteiger partial charge in [-0.2, -0.15) is 15.0 Å². The summed E-state index contributed by atoms with van der Waals surface area (Å²) in [5.41, 5.74) is 8.97. The summed E-state index contributed by atoms with van der Waals surface area (Å²) < 4.78 is 5.42.